The highest BCUT2D eigenvalue weighted by Crippen LogP contribution is 2.31. The summed E-state index contributed by atoms with van der Waals surface area (Å²) < 4.78 is 21.7. The molecule has 0 saturated carbocycles. The van der Waals surface area contributed by atoms with Crippen LogP contribution in [-0.2, 0) is 13.2 Å². The Bertz CT molecular complexity index is 1410. The summed E-state index contributed by atoms with van der Waals surface area (Å²) in [7, 11) is 3.10. The van der Waals surface area contributed by atoms with Gasteiger partial charge in [0.2, 0.25) is 5.01 Å². The number of nitrogens with zero attached hydrogens (tertiary/aromatic N) is 2. The van der Waals surface area contributed by atoms with Crippen LogP contribution in [0.4, 0.5) is 5.69 Å². The molecule has 0 aliphatic carbocycles. The van der Waals surface area contributed by atoms with Gasteiger partial charge >= 0.3 is 0 Å². The molecule has 3 aromatic carbocycles. The molecule has 0 atom stereocenters. The molecule has 1 heterocycles. The lowest BCUT2D eigenvalue weighted by atomic mass is 10.1. The van der Waals surface area contributed by atoms with Crippen molar-refractivity contribution in [3.63, 3.8) is 0 Å². The number of anilines is 1. The van der Waals surface area contributed by atoms with Crippen molar-refractivity contribution >= 4 is 28.8 Å². The fourth-order valence-electron chi connectivity index (χ4n) is 3.50. The Morgan fingerprint density at radius 3 is 2.23 bits per heavy atom. The summed E-state index contributed by atoms with van der Waals surface area (Å²) in [6.07, 6.45) is 0. The maximum Gasteiger partial charge on any atom is 0.286 e. The van der Waals surface area contributed by atoms with Gasteiger partial charge in [-0.1, -0.05) is 23.5 Å². The topological polar surface area (TPSA) is 121 Å². The lowest BCUT2D eigenvalue weighted by molar-refractivity contribution is 0.0950. The highest BCUT2D eigenvalue weighted by molar-refractivity contribution is 7.13. The number of carbonyl (C=O) groups is 2. The van der Waals surface area contributed by atoms with E-state index < -0.39 is 5.91 Å². The maximum atomic E-state index is 12.6. The zero-order valence-corrected chi connectivity index (χ0v) is 22.5. The van der Waals surface area contributed by atoms with E-state index in [4.69, 9.17) is 18.9 Å². The normalized spacial score (nSPS) is 10.4. The van der Waals surface area contributed by atoms with Gasteiger partial charge in [0.15, 0.2) is 16.5 Å². The number of hydrogen-bond donors (Lipinski definition) is 2. The van der Waals surface area contributed by atoms with Crippen LogP contribution in [0, 0.1) is 0 Å². The fourth-order valence-corrected chi connectivity index (χ4v) is 4.15. The van der Waals surface area contributed by atoms with Gasteiger partial charge in [0.05, 0.1) is 20.8 Å². The van der Waals surface area contributed by atoms with Crippen LogP contribution in [0.2, 0.25) is 0 Å². The molecular weight excluding hydrogens is 520 g/mol. The number of amides is 2. The molecule has 10 nitrogen and oxygen atoms in total. The zero-order chi connectivity index (χ0) is 27.6. The summed E-state index contributed by atoms with van der Waals surface area (Å²) in [4.78, 5) is 25.1. The van der Waals surface area contributed by atoms with Crippen molar-refractivity contribution in [2.75, 3.05) is 26.1 Å². The number of ether oxygens (including phenoxy) is 4. The molecule has 0 saturated heterocycles. The summed E-state index contributed by atoms with van der Waals surface area (Å²) in [5.74, 6) is 1.87. The molecule has 11 heteroatoms. The molecule has 0 unspecified atom stereocenters. The third kappa shape index (κ3) is 7.45. The van der Waals surface area contributed by atoms with Gasteiger partial charge in [0.25, 0.3) is 11.8 Å². The number of nitrogens with one attached hydrogen (secondary N) is 2. The second kappa shape index (κ2) is 13.2. The highest BCUT2D eigenvalue weighted by atomic mass is 32.1. The van der Waals surface area contributed by atoms with Gasteiger partial charge in [-0.05, 0) is 61.0 Å². The van der Waals surface area contributed by atoms with E-state index in [0.717, 1.165) is 22.6 Å². The van der Waals surface area contributed by atoms with Gasteiger partial charge in [-0.25, -0.2) is 0 Å². The van der Waals surface area contributed by atoms with Gasteiger partial charge in [0, 0.05) is 23.9 Å². The molecule has 1 aromatic heterocycles. The standard InChI is InChI=1S/C28H28N4O6S/c1-4-37-21-11-5-18(6-12-21)16-29-26(33)19-7-9-20(10-8-19)30-27(34)28-32-31-25(39-28)17-38-22-13-14-23(35-2)24(15-22)36-3/h5-15H,4,16-17H2,1-3H3,(H,29,33)(H,30,34). The summed E-state index contributed by atoms with van der Waals surface area (Å²) in [5.41, 5.74) is 1.96. The van der Waals surface area contributed by atoms with E-state index in [1.54, 1.807) is 56.7 Å². The predicted octanol–water partition coefficient (Wildman–Crippen LogP) is 4.72. The van der Waals surface area contributed by atoms with Crippen LogP contribution in [0.25, 0.3) is 0 Å². The van der Waals surface area contributed by atoms with E-state index >= 15 is 0 Å². The number of aromatic nitrogens is 2. The van der Waals surface area contributed by atoms with Gasteiger partial charge in [-0.3, -0.25) is 9.59 Å². The van der Waals surface area contributed by atoms with Crippen LogP contribution >= 0.6 is 11.3 Å². The van der Waals surface area contributed by atoms with Crippen LogP contribution in [0.15, 0.2) is 66.7 Å². The number of hydrogen-bond acceptors (Lipinski definition) is 9. The van der Waals surface area contributed by atoms with Crippen LogP contribution in [0.5, 0.6) is 23.0 Å². The Kier molecular flexibility index (Phi) is 9.30. The van der Waals surface area contributed by atoms with E-state index in [9.17, 15) is 9.59 Å². The van der Waals surface area contributed by atoms with Crippen LogP contribution in [0.3, 0.4) is 0 Å². The lowest BCUT2D eigenvalue weighted by Gasteiger charge is -2.09. The van der Waals surface area contributed by atoms with Crippen molar-refractivity contribution in [2.24, 2.45) is 0 Å². The van der Waals surface area contributed by atoms with E-state index in [2.05, 4.69) is 20.8 Å². The van der Waals surface area contributed by atoms with E-state index in [1.165, 1.54) is 0 Å². The molecule has 39 heavy (non-hydrogen) atoms. The van der Waals surface area contributed by atoms with Gasteiger partial charge < -0.3 is 29.6 Å². The summed E-state index contributed by atoms with van der Waals surface area (Å²) in [5, 5.41) is 14.4. The smallest absolute Gasteiger partial charge is 0.286 e. The first-order valence-corrected chi connectivity index (χ1v) is 12.9. The SMILES string of the molecule is CCOc1ccc(CNC(=O)c2ccc(NC(=O)c3nnc(COc4ccc(OC)c(OC)c4)s3)cc2)cc1. The number of methoxy groups -OCH3 is 2. The molecule has 4 rings (SSSR count). The van der Waals surface area contributed by atoms with E-state index in [-0.39, 0.29) is 17.5 Å². The molecular formula is C28H28N4O6S. The fraction of sp³-hybridized carbons (Fsp3) is 0.214. The summed E-state index contributed by atoms with van der Waals surface area (Å²) in [6, 6.07) is 19.4. The minimum Gasteiger partial charge on any atom is -0.494 e. The predicted molar refractivity (Wildman–Crippen MR) is 147 cm³/mol. The Labute approximate surface area is 229 Å². The zero-order valence-electron chi connectivity index (χ0n) is 21.7. The second-order valence-electron chi connectivity index (χ2n) is 8.10. The van der Waals surface area contributed by atoms with Crippen LogP contribution in [0.1, 0.15) is 37.7 Å². The number of benzene rings is 3. The second-order valence-corrected chi connectivity index (χ2v) is 9.16. The number of carbonyl (C=O) groups excluding carboxylic acids is 2. The quantitative estimate of drug-likeness (QED) is 0.261. The Morgan fingerprint density at radius 2 is 1.54 bits per heavy atom. The van der Waals surface area contributed by atoms with E-state index in [1.807, 2.05) is 31.2 Å². The van der Waals surface area contributed by atoms with Crippen LogP contribution < -0.4 is 29.6 Å². The number of rotatable bonds is 12. The first-order valence-electron chi connectivity index (χ1n) is 12.1. The van der Waals surface area contributed by atoms with Gasteiger partial charge in [-0.2, -0.15) is 0 Å². The molecule has 0 aliphatic heterocycles. The van der Waals surface area contributed by atoms with Crippen LogP contribution in [-0.4, -0.2) is 42.8 Å². The van der Waals surface area contributed by atoms with Gasteiger partial charge in [0.1, 0.15) is 18.1 Å². The third-order valence-electron chi connectivity index (χ3n) is 5.47. The molecule has 4 aromatic rings. The summed E-state index contributed by atoms with van der Waals surface area (Å²) >= 11 is 1.13. The van der Waals surface area contributed by atoms with Crippen molar-refractivity contribution in [1.82, 2.24) is 15.5 Å². The van der Waals surface area contributed by atoms with Crippen molar-refractivity contribution < 1.29 is 28.5 Å². The largest absolute Gasteiger partial charge is 0.494 e. The third-order valence-corrected chi connectivity index (χ3v) is 6.37. The lowest BCUT2D eigenvalue weighted by Crippen LogP contribution is -2.22. The first kappa shape index (κ1) is 27.4. The van der Waals surface area contributed by atoms with Crippen molar-refractivity contribution in [3.8, 4) is 23.0 Å². The monoisotopic (exact) mass is 548 g/mol. The maximum absolute atomic E-state index is 12.6. The molecule has 0 radical (unpaired) electrons. The Balaban J connectivity index is 1.27. The molecule has 0 bridgehead atoms. The molecule has 0 spiro atoms. The molecule has 2 amide bonds. The average molecular weight is 549 g/mol. The minimum absolute atomic E-state index is 0.140. The molecule has 202 valence electrons. The summed E-state index contributed by atoms with van der Waals surface area (Å²) in [6.45, 7) is 3.06. The minimum atomic E-state index is -0.405. The molecule has 2 N–H and O–H groups in total. The van der Waals surface area contributed by atoms with E-state index in [0.29, 0.717) is 46.7 Å². The van der Waals surface area contributed by atoms with Crippen molar-refractivity contribution in [3.05, 3.63) is 87.9 Å². The molecule has 0 fully saturated rings. The first-order chi connectivity index (χ1) is 19.0. The van der Waals surface area contributed by atoms with Crippen molar-refractivity contribution in [1.29, 1.82) is 0 Å². The molecule has 0 aliphatic rings. The Hall–Kier alpha value is -4.64. The average Bonchev–Trinajstić information content (AvgIpc) is 3.45. The highest BCUT2D eigenvalue weighted by Gasteiger charge is 2.15. The Morgan fingerprint density at radius 1 is 0.821 bits per heavy atom. The van der Waals surface area contributed by atoms with Gasteiger partial charge in [-0.15, -0.1) is 10.2 Å². The van der Waals surface area contributed by atoms with Crippen molar-refractivity contribution in [2.45, 2.75) is 20.1 Å².